The zero-order chi connectivity index (χ0) is 14.2. The molecule has 0 bridgehead atoms. The van der Waals surface area contributed by atoms with E-state index in [1.165, 1.54) is 6.07 Å². The van der Waals surface area contributed by atoms with Crippen molar-refractivity contribution in [2.24, 2.45) is 0 Å². The molecule has 0 saturated carbocycles. The molecular formula is C11H11FO5S2. The van der Waals surface area contributed by atoms with Crippen LogP contribution in [0, 0.1) is 5.82 Å². The third kappa shape index (κ3) is 3.01. The summed E-state index contributed by atoms with van der Waals surface area (Å²) in [5.74, 6) is -2.56. The molecule has 0 aromatic heterocycles. The fourth-order valence-electron chi connectivity index (χ4n) is 1.92. The van der Waals surface area contributed by atoms with Gasteiger partial charge >= 0.3 is 5.97 Å². The lowest BCUT2D eigenvalue weighted by Crippen LogP contribution is -2.17. The van der Waals surface area contributed by atoms with Gasteiger partial charge in [0.15, 0.2) is 9.84 Å². The lowest BCUT2D eigenvalue weighted by molar-refractivity contribution is 0.0691. The van der Waals surface area contributed by atoms with Crippen molar-refractivity contribution in [1.82, 2.24) is 0 Å². The maximum absolute atomic E-state index is 13.2. The van der Waals surface area contributed by atoms with Crippen molar-refractivity contribution in [3.05, 3.63) is 29.6 Å². The van der Waals surface area contributed by atoms with Crippen LogP contribution in [0.25, 0.3) is 0 Å². The number of hydrogen-bond acceptors (Lipinski definition) is 4. The second kappa shape index (κ2) is 5.01. The lowest BCUT2D eigenvalue weighted by atomic mass is 10.2. The first-order valence-electron chi connectivity index (χ1n) is 5.44. The van der Waals surface area contributed by atoms with Crippen LogP contribution < -0.4 is 0 Å². The van der Waals surface area contributed by atoms with Crippen LogP contribution in [0.3, 0.4) is 0 Å². The largest absolute Gasteiger partial charge is 0.478 e. The van der Waals surface area contributed by atoms with Crippen LogP contribution in [0.15, 0.2) is 23.1 Å². The molecule has 1 fully saturated rings. The van der Waals surface area contributed by atoms with E-state index in [2.05, 4.69) is 0 Å². The highest BCUT2D eigenvalue weighted by Crippen LogP contribution is 2.23. The first-order valence-corrected chi connectivity index (χ1v) is 8.47. The summed E-state index contributed by atoms with van der Waals surface area (Å²) in [5, 5.41) is 8.23. The lowest BCUT2D eigenvalue weighted by Gasteiger charge is -2.09. The monoisotopic (exact) mass is 306 g/mol. The van der Waals surface area contributed by atoms with Gasteiger partial charge in [0.1, 0.15) is 5.82 Å². The van der Waals surface area contributed by atoms with Gasteiger partial charge in [0.2, 0.25) is 0 Å². The van der Waals surface area contributed by atoms with Crippen molar-refractivity contribution in [3.63, 3.8) is 0 Å². The Balaban J connectivity index is 2.30. The molecule has 0 amide bonds. The molecule has 0 spiro atoms. The van der Waals surface area contributed by atoms with E-state index in [1.54, 1.807) is 0 Å². The van der Waals surface area contributed by atoms with Crippen LogP contribution in [0.5, 0.6) is 0 Å². The summed E-state index contributed by atoms with van der Waals surface area (Å²) in [6.45, 7) is 0. The minimum atomic E-state index is -3.17. The van der Waals surface area contributed by atoms with Gasteiger partial charge in [0.05, 0.1) is 33.1 Å². The van der Waals surface area contributed by atoms with Crippen LogP contribution in [0.2, 0.25) is 0 Å². The average Bonchev–Trinajstić information content (AvgIpc) is 2.69. The molecule has 1 saturated heterocycles. The summed E-state index contributed by atoms with van der Waals surface area (Å²) in [4.78, 5) is 10.9. The standard InChI is InChI=1S/C11H11FO5S2/c12-10-2-1-7(5-9(10)11(13)14)18(15)8-3-4-19(16,17)6-8/h1-2,5,8H,3-4,6H2,(H,13,14). The summed E-state index contributed by atoms with van der Waals surface area (Å²) in [7, 11) is -4.82. The number of aromatic carboxylic acids is 1. The Hall–Kier alpha value is -1.28. The van der Waals surface area contributed by atoms with Gasteiger partial charge < -0.3 is 5.11 Å². The third-order valence-corrected chi connectivity index (χ3v) is 6.60. The molecule has 104 valence electrons. The number of sulfone groups is 1. The topological polar surface area (TPSA) is 88.5 Å². The molecule has 2 atom stereocenters. The van der Waals surface area contributed by atoms with E-state index in [1.807, 2.05) is 0 Å². The van der Waals surface area contributed by atoms with Gasteiger partial charge in [0, 0.05) is 4.90 Å². The minimum absolute atomic E-state index is 0.0175. The van der Waals surface area contributed by atoms with Gasteiger partial charge in [-0.2, -0.15) is 0 Å². The first-order chi connectivity index (χ1) is 8.80. The normalized spacial score (nSPS) is 23.1. The fourth-order valence-corrected chi connectivity index (χ4v) is 5.88. The number of carboxylic acid groups (broad SMARTS) is 1. The number of benzene rings is 1. The molecule has 0 aliphatic carbocycles. The number of hydrogen-bond donors (Lipinski definition) is 1. The highest BCUT2D eigenvalue weighted by Gasteiger charge is 2.33. The smallest absolute Gasteiger partial charge is 0.338 e. The molecule has 2 rings (SSSR count). The Morgan fingerprint density at radius 2 is 2.11 bits per heavy atom. The van der Waals surface area contributed by atoms with E-state index in [4.69, 9.17) is 5.11 Å². The van der Waals surface area contributed by atoms with Crippen molar-refractivity contribution in [3.8, 4) is 0 Å². The van der Waals surface area contributed by atoms with Crippen LogP contribution in [-0.4, -0.2) is 40.5 Å². The Bertz CT molecular complexity index is 653. The molecule has 1 aliphatic heterocycles. The second-order valence-corrected chi connectivity index (χ2v) is 8.23. The average molecular weight is 306 g/mol. The third-order valence-electron chi connectivity index (χ3n) is 2.89. The van der Waals surface area contributed by atoms with Gasteiger partial charge in [0.25, 0.3) is 0 Å². The summed E-state index contributed by atoms with van der Waals surface area (Å²) in [6, 6.07) is 3.15. The summed E-state index contributed by atoms with van der Waals surface area (Å²) in [5.41, 5.74) is -0.563. The van der Waals surface area contributed by atoms with Crippen molar-refractivity contribution >= 4 is 26.6 Å². The predicted molar refractivity (Wildman–Crippen MR) is 66.8 cm³/mol. The van der Waals surface area contributed by atoms with Crippen LogP contribution in [0.1, 0.15) is 16.8 Å². The quantitative estimate of drug-likeness (QED) is 0.893. The Labute approximate surface area is 111 Å². The van der Waals surface area contributed by atoms with Crippen LogP contribution >= 0.6 is 0 Å². The van der Waals surface area contributed by atoms with E-state index in [0.29, 0.717) is 0 Å². The molecule has 1 N–H and O–H groups in total. The highest BCUT2D eigenvalue weighted by atomic mass is 32.2. The Kier molecular flexibility index (Phi) is 3.73. The zero-order valence-electron chi connectivity index (χ0n) is 9.71. The van der Waals surface area contributed by atoms with Crippen LogP contribution in [0.4, 0.5) is 4.39 Å². The molecule has 1 aromatic rings. The molecular weight excluding hydrogens is 295 g/mol. The highest BCUT2D eigenvalue weighted by molar-refractivity contribution is 7.94. The van der Waals surface area contributed by atoms with Gasteiger partial charge in [-0.1, -0.05) is 0 Å². The minimum Gasteiger partial charge on any atom is -0.478 e. The Morgan fingerprint density at radius 1 is 1.42 bits per heavy atom. The van der Waals surface area contributed by atoms with Gasteiger partial charge in [-0.15, -0.1) is 0 Å². The van der Waals surface area contributed by atoms with E-state index < -0.39 is 43.2 Å². The molecule has 5 nitrogen and oxygen atoms in total. The van der Waals surface area contributed by atoms with E-state index in [0.717, 1.165) is 12.1 Å². The van der Waals surface area contributed by atoms with Crippen molar-refractivity contribution in [1.29, 1.82) is 0 Å². The van der Waals surface area contributed by atoms with Crippen molar-refractivity contribution in [2.45, 2.75) is 16.6 Å². The first kappa shape index (κ1) is 14.1. The molecule has 19 heavy (non-hydrogen) atoms. The molecule has 1 aromatic carbocycles. The summed E-state index contributed by atoms with van der Waals surface area (Å²) < 4.78 is 48.0. The second-order valence-electron chi connectivity index (χ2n) is 4.27. The van der Waals surface area contributed by atoms with E-state index in [-0.39, 0.29) is 22.8 Å². The number of carboxylic acids is 1. The van der Waals surface area contributed by atoms with Gasteiger partial charge in [-0.05, 0) is 24.6 Å². The van der Waals surface area contributed by atoms with Gasteiger partial charge in [-0.3, -0.25) is 4.21 Å². The predicted octanol–water partition coefficient (Wildman–Crippen LogP) is 0.819. The van der Waals surface area contributed by atoms with E-state index >= 15 is 0 Å². The SMILES string of the molecule is O=C(O)c1cc(S(=O)C2CCS(=O)(=O)C2)ccc1F. The molecule has 1 aliphatic rings. The summed E-state index contributed by atoms with van der Waals surface area (Å²) in [6.07, 6.45) is 0.273. The maximum atomic E-state index is 13.2. The molecule has 2 unspecified atom stereocenters. The zero-order valence-corrected chi connectivity index (χ0v) is 11.3. The summed E-state index contributed by atoms with van der Waals surface area (Å²) >= 11 is 0. The number of halogens is 1. The number of carbonyl (C=O) groups is 1. The van der Waals surface area contributed by atoms with Crippen molar-refractivity contribution < 1.29 is 26.9 Å². The van der Waals surface area contributed by atoms with Gasteiger partial charge in [-0.25, -0.2) is 17.6 Å². The van der Waals surface area contributed by atoms with Crippen LogP contribution in [-0.2, 0) is 20.6 Å². The van der Waals surface area contributed by atoms with Crippen molar-refractivity contribution in [2.75, 3.05) is 11.5 Å². The molecule has 0 radical (unpaired) electrons. The fraction of sp³-hybridized carbons (Fsp3) is 0.364. The van der Waals surface area contributed by atoms with E-state index in [9.17, 15) is 21.8 Å². The number of rotatable bonds is 3. The molecule has 8 heteroatoms. The molecule has 1 heterocycles. The maximum Gasteiger partial charge on any atom is 0.338 e. The Morgan fingerprint density at radius 3 is 2.63 bits per heavy atom.